The first-order valence-electron chi connectivity index (χ1n) is 3.43. The standard InChI is InChI=1S/C7H11NOS2.2CH4/c1-7(2,3)4-5(9)8-6(10)11-4;;/h4H,1-3H3,(H,8,9,10);2*1H4. The number of carbonyl (C=O) groups excluding carboxylic acids is 1. The molecule has 1 saturated heterocycles. The lowest BCUT2D eigenvalue weighted by atomic mass is 9.91. The quantitative estimate of drug-likeness (QED) is 0.638. The lowest BCUT2D eigenvalue weighted by Crippen LogP contribution is -2.33. The Morgan fingerprint density at radius 2 is 1.85 bits per heavy atom. The Balaban J connectivity index is 0. The van der Waals surface area contributed by atoms with E-state index in [0.29, 0.717) is 4.32 Å². The monoisotopic (exact) mass is 221 g/mol. The molecule has 1 aliphatic rings. The minimum absolute atomic E-state index is 0. The van der Waals surface area contributed by atoms with Crippen molar-refractivity contribution < 1.29 is 4.79 Å². The Hall–Kier alpha value is -0.0900. The van der Waals surface area contributed by atoms with Crippen LogP contribution < -0.4 is 5.32 Å². The van der Waals surface area contributed by atoms with Crippen molar-refractivity contribution in [3.63, 3.8) is 0 Å². The van der Waals surface area contributed by atoms with E-state index in [2.05, 4.69) is 5.32 Å². The van der Waals surface area contributed by atoms with E-state index in [1.54, 1.807) is 0 Å². The number of rotatable bonds is 0. The highest BCUT2D eigenvalue weighted by Gasteiger charge is 2.38. The first-order valence-corrected chi connectivity index (χ1v) is 4.71. The largest absolute Gasteiger partial charge is 0.311 e. The van der Waals surface area contributed by atoms with Gasteiger partial charge < -0.3 is 5.32 Å². The normalized spacial score (nSPS) is 21.6. The second-order valence-corrected chi connectivity index (χ2v) is 5.42. The molecule has 0 aromatic heterocycles. The molecule has 1 amide bonds. The maximum Gasteiger partial charge on any atom is 0.239 e. The summed E-state index contributed by atoms with van der Waals surface area (Å²) in [4.78, 5) is 11.2. The van der Waals surface area contributed by atoms with Crippen molar-refractivity contribution in [2.24, 2.45) is 5.41 Å². The predicted octanol–water partition coefficient (Wildman–Crippen LogP) is 2.82. The fourth-order valence-corrected chi connectivity index (χ4v) is 2.21. The molecule has 78 valence electrons. The van der Waals surface area contributed by atoms with Crippen LogP contribution in [0.3, 0.4) is 0 Å². The first-order chi connectivity index (χ1) is 4.91. The van der Waals surface area contributed by atoms with Gasteiger partial charge in [0.15, 0.2) is 0 Å². The Morgan fingerprint density at radius 3 is 2.00 bits per heavy atom. The summed E-state index contributed by atoms with van der Waals surface area (Å²) in [5.74, 6) is 0.0486. The van der Waals surface area contributed by atoms with Gasteiger partial charge in [0.1, 0.15) is 4.32 Å². The fraction of sp³-hybridized carbons (Fsp3) is 0.778. The van der Waals surface area contributed by atoms with Gasteiger partial charge in [0.25, 0.3) is 0 Å². The molecule has 0 radical (unpaired) electrons. The van der Waals surface area contributed by atoms with Crippen LogP contribution in [0, 0.1) is 5.41 Å². The molecule has 0 aromatic carbocycles. The summed E-state index contributed by atoms with van der Waals surface area (Å²) in [6, 6.07) is 0. The number of thioether (sulfide) groups is 1. The summed E-state index contributed by atoms with van der Waals surface area (Å²) >= 11 is 6.32. The molecular weight excluding hydrogens is 202 g/mol. The van der Waals surface area contributed by atoms with E-state index in [1.807, 2.05) is 20.8 Å². The Morgan fingerprint density at radius 1 is 1.38 bits per heavy atom. The molecule has 4 heteroatoms. The van der Waals surface area contributed by atoms with Crippen molar-refractivity contribution in [1.29, 1.82) is 0 Å². The highest BCUT2D eigenvalue weighted by molar-refractivity contribution is 8.24. The summed E-state index contributed by atoms with van der Waals surface area (Å²) in [5, 5.41) is 2.61. The summed E-state index contributed by atoms with van der Waals surface area (Å²) in [5.41, 5.74) is -0.00465. The van der Waals surface area contributed by atoms with Gasteiger partial charge in [0.05, 0.1) is 5.25 Å². The van der Waals surface area contributed by atoms with Crippen LogP contribution in [0.25, 0.3) is 0 Å². The summed E-state index contributed by atoms with van der Waals surface area (Å²) in [6.45, 7) is 6.12. The molecule has 0 spiro atoms. The molecule has 0 bridgehead atoms. The molecule has 1 unspecified atom stereocenters. The van der Waals surface area contributed by atoms with E-state index in [4.69, 9.17) is 12.2 Å². The highest BCUT2D eigenvalue weighted by Crippen LogP contribution is 2.34. The van der Waals surface area contributed by atoms with Crippen molar-refractivity contribution in [3.8, 4) is 0 Å². The van der Waals surface area contributed by atoms with Gasteiger partial charge >= 0.3 is 0 Å². The molecule has 13 heavy (non-hydrogen) atoms. The van der Waals surface area contributed by atoms with E-state index >= 15 is 0 Å². The van der Waals surface area contributed by atoms with Gasteiger partial charge in [-0.05, 0) is 5.41 Å². The lowest BCUT2D eigenvalue weighted by molar-refractivity contribution is -0.120. The zero-order valence-corrected chi connectivity index (χ0v) is 8.44. The molecule has 1 heterocycles. The maximum atomic E-state index is 11.2. The molecule has 1 aliphatic heterocycles. The molecular formula is C9H19NOS2. The van der Waals surface area contributed by atoms with E-state index < -0.39 is 0 Å². The van der Waals surface area contributed by atoms with Crippen LogP contribution >= 0.6 is 24.0 Å². The molecule has 0 saturated carbocycles. The fourth-order valence-electron chi connectivity index (χ4n) is 0.926. The lowest BCUT2D eigenvalue weighted by Gasteiger charge is -2.22. The van der Waals surface area contributed by atoms with Crippen LogP contribution in [0.15, 0.2) is 0 Å². The molecule has 0 aromatic rings. The van der Waals surface area contributed by atoms with Gasteiger partial charge in [-0.2, -0.15) is 0 Å². The Labute approximate surface area is 90.9 Å². The third-order valence-electron chi connectivity index (χ3n) is 1.47. The van der Waals surface area contributed by atoms with Gasteiger partial charge in [-0.25, -0.2) is 0 Å². The summed E-state index contributed by atoms with van der Waals surface area (Å²) in [6.07, 6.45) is 0. The van der Waals surface area contributed by atoms with Crippen LogP contribution in [0.5, 0.6) is 0 Å². The number of amides is 1. The van der Waals surface area contributed by atoms with Crippen LogP contribution in [0.2, 0.25) is 0 Å². The zero-order valence-electron chi connectivity index (χ0n) is 6.80. The van der Waals surface area contributed by atoms with Gasteiger partial charge in [-0.15, -0.1) is 0 Å². The van der Waals surface area contributed by atoms with E-state index in [-0.39, 0.29) is 31.4 Å². The summed E-state index contributed by atoms with van der Waals surface area (Å²) in [7, 11) is 0. The van der Waals surface area contributed by atoms with Crippen LogP contribution in [0.4, 0.5) is 0 Å². The average molecular weight is 221 g/mol. The number of thiocarbonyl (C=S) groups is 1. The van der Waals surface area contributed by atoms with E-state index in [9.17, 15) is 4.79 Å². The van der Waals surface area contributed by atoms with Crippen molar-refractivity contribution in [3.05, 3.63) is 0 Å². The number of hydrogen-bond donors (Lipinski definition) is 1. The minimum atomic E-state index is -0.0185. The molecule has 1 fully saturated rings. The number of hydrogen-bond acceptors (Lipinski definition) is 3. The predicted molar refractivity (Wildman–Crippen MR) is 65.0 cm³/mol. The number of carbonyl (C=O) groups is 1. The molecule has 1 rings (SSSR count). The van der Waals surface area contributed by atoms with Crippen molar-refractivity contribution in [2.75, 3.05) is 0 Å². The van der Waals surface area contributed by atoms with Gasteiger partial charge in [0.2, 0.25) is 5.91 Å². The molecule has 0 aliphatic carbocycles. The minimum Gasteiger partial charge on any atom is -0.311 e. The van der Waals surface area contributed by atoms with Gasteiger partial charge in [-0.1, -0.05) is 59.6 Å². The maximum absolute atomic E-state index is 11.2. The topological polar surface area (TPSA) is 29.1 Å². The zero-order chi connectivity index (χ0) is 8.65. The van der Waals surface area contributed by atoms with Crippen LogP contribution in [-0.2, 0) is 4.79 Å². The van der Waals surface area contributed by atoms with E-state index in [1.165, 1.54) is 11.8 Å². The average Bonchev–Trinajstić information content (AvgIpc) is 2.08. The first kappa shape index (κ1) is 15.4. The third kappa shape index (κ3) is 3.65. The molecule has 1 N–H and O–H groups in total. The van der Waals surface area contributed by atoms with Crippen molar-refractivity contribution >= 4 is 34.2 Å². The van der Waals surface area contributed by atoms with Gasteiger partial charge in [0, 0.05) is 0 Å². The highest BCUT2D eigenvalue weighted by atomic mass is 32.2. The second-order valence-electron chi connectivity index (χ2n) is 3.64. The smallest absolute Gasteiger partial charge is 0.239 e. The van der Waals surface area contributed by atoms with E-state index in [0.717, 1.165) is 0 Å². The van der Waals surface area contributed by atoms with Crippen LogP contribution in [0.1, 0.15) is 35.6 Å². The Bertz CT molecular complexity index is 208. The Kier molecular flexibility index (Phi) is 5.87. The SMILES string of the molecule is C.C.CC(C)(C)C1SC(=S)NC1=O. The van der Waals surface area contributed by atoms with Gasteiger partial charge in [-0.3, -0.25) is 4.79 Å². The van der Waals surface area contributed by atoms with Crippen molar-refractivity contribution in [1.82, 2.24) is 5.32 Å². The second kappa shape index (κ2) is 4.96. The van der Waals surface area contributed by atoms with Crippen molar-refractivity contribution in [2.45, 2.75) is 40.9 Å². The number of nitrogens with one attached hydrogen (secondary N) is 1. The van der Waals surface area contributed by atoms with Crippen LogP contribution in [-0.4, -0.2) is 15.5 Å². The molecule has 2 nitrogen and oxygen atoms in total. The summed E-state index contributed by atoms with van der Waals surface area (Å²) < 4.78 is 0.606. The third-order valence-corrected chi connectivity index (χ3v) is 3.34. The molecule has 1 atom stereocenters.